The van der Waals surface area contributed by atoms with Crippen LogP contribution in [-0.2, 0) is 9.59 Å². The third kappa shape index (κ3) is 3.68. The maximum Gasteiger partial charge on any atom is 0.314 e. The van der Waals surface area contributed by atoms with Crippen LogP contribution in [0, 0.1) is 11.6 Å². The number of piperidine rings is 1. The van der Waals surface area contributed by atoms with E-state index in [1.807, 2.05) is 5.32 Å². The lowest BCUT2D eigenvalue weighted by Crippen LogP contribution is -2.45. The van der Waals surface area contributed by atoms with Gasteiger partial charge in [-0.25, -0.2) is 8.78 Å². The van der Waals surface area contributed by atoms with Crippen molar-refractivity contribution in [2.45, 2.75) is 18.9 Å². The van der Waals surface area contributed by atoms with Gasteiger partial charge in [-0.05, 0) is 25.0 Å². The molecule has 1 aromatic carbocycles. The van der Waals surface area contributed by atoms with Gasteiger partial charge >= 0.3 is 11.8 Å². The molecular formula is C13H13ClF2N2O3. The van der Waals surface area contributed by atoms with Crippen LogP contribution in [0.1, 0.15) is 12.8 Å². The van der Waals surface area contributed by atoms with Crippen molar-refractivity contribution in [2.75, 3.05) is 18.4 Å². The van der Waals surface area contributed by atoms with Gasteiger partial charge in [-0.15, -0.1) is 0 Å². The molecule has 1 fully saturated rings. The van der Waals surface area contributed by atoms with E-state index in [0.29, 0.717) is 12.8 Å². The minimum atomic E-state index is -1.13. The average Bonchev–Trinajstić information content (AvgIpc) is 2.42. The number of benzene rings is 1. The van der Waals surface area contributed by atoms with Crippen molar-refractivity contribution in [1.82, 2.24) is 4.90 Å². The van der Waals surface area contributed by atoms with Gasteiger partial charge in [0.25, 0.3) is 0 Å². The second-order valence-corrected chi connectivity index (χ2v) is 5.16. The normalized spacial score (nSPS) is 15.9. The van der Waals surface area contributed by atoms with Gasteiger partial charge in [0.05, 0.1) is 6.10 Å². The second kappa shape index (κ2) is 6.36. The third-order valence-electron chi connectivity index (χ3n) is 3.19. The summed E-state index contributed by atoms with van der Waals surface area (Å²) in [6.07, 6.45) is 0.231. The van der Waals surface area contributed by atoms with Gasteiger partial charge in [-0.2, -0.15) is 0 Å². The number of hydrogen-bond donors (Lipinski definition) is 2. The Morgan fingerprint density at radius 1 is 1.24 bits per heavy atom. The first kappa shape index (κ1) is 15.7. The quantitative estimate of drug-likeness (QED) is 0.772. The zero-order valence-electron chi connectivity index (χ0n) is 10.9. The Morgan fingerprint density at radius 2 is 1.76 bits per heavy atom. The molecule has 8 heteroatoms. The number of carbonyl (C=O) groups excluding carboxylic acids is 2. The fourth-order valence-electron chi connectivity index (χ4n) is 2.04. The van der Waals surface area contributed by atoms with E-state index in [-0.39, 0.29) is 18.1 Å². The Hall–Kier alpha value is -1.73. The van der Waals surface area contributed by atoms with Gasteiger partial charge in [-0.3, -0.25) is 9.59 Å². The van der Waals surface area contributed by atoms with Crippen molar-refractivity contribution in [2.24, 2.45) is 0 Å². The van der Waals surface area contributed by atoms with Crippen molar-refractivity contribution >= 4 is 29.1 Å². The summed E-state index contributed by atoms with van der Waals surface area (Å²) in [7, 11) is 0. The maximum atomic E-state index is 13.5. The van der Waals surface area contributed by atoms with E-state index in [1.165, 1.54) is 4.90 Å². The molecule has 2 rings (SSSR count). The molecule has 1 heterocycles. The molecule has 0 aromatic heterocycles. The highest BCUT2D eigenvalue weighted by Gasteiger charge is 2.27. The number of likely N-dealkylation sites (tertiary alicyclic amines) is 1. The molecule has 1 aliphatic heterocycles. The summed E-state index contributed by atoms with van der Waals surface area (Å²) in [4.78, 5) is 24.8. The van der Waals surface area contributed by atoms with Crippen LogP contribution in [0.4, 0.5) is 14.5 Å². The predicted molar refractivity (Wildman–Crippen MR) is 71.8 cm³/mol. The Morgan fingerprint density at radius 3 is 2.29 bits per heavy atom. The summed E-state index contributed by atoms with van der Waals surface area (Å²) in [5, 5.41) is 11.1. The van der Waals surface area contributed by atoms with E-state index in [0.717, 1.165) is 12.1 Å². The summed E-state index contributed by atoms with van der Waals surface area (Å²) in [5.41, 5.74) is -0.713. The van der Waals surface area contributed by atoms with E-state index in [4.69, 9.17) is 11.6 Å². The van der Waals surface area contributed by atoms with Crippen LogP contribution in [0.3, 0.4) is 0 Å². The van der Waals surface area contributed by atoms with Crippen LogP contribution < -0.4 is 5.32 Å². The van der Waals surface area contributed by atoms with Crippen LogP contribution in [-0.4, -0.2) is 41.0 Å². The number of nitrogens with one attached hydrogen (secondary N) is 1. The van der Waals surface area contributed by atoms with Gasteiger partial charge < -0.3 is 15.3 Å². The summed E-state index contributed by atoms with van der Waals surface area (Å²) in [5.74, 6) is -4.15. The van der Waals surface area contributed by atoms with Gasteiger partial charge in [0.2, 0.25) is 0 Å². The van der Waals surface area contributed by atoms with Gasteiger partial charge in [0.1, 0.15) is 5.69 Å². The van der Waals surface area contributed by atoms with E-state index < -0.39 is 35.2 Å². The lowest BCUT2D eigenvalue weighted by Gasteiger charge is -2.28. The first-order chi connectivity index (χ1) is 9.88. The van der Waals surface area contributed by atoms with Crippen LogP contribution in [0.2, 0.25) is 5.02 Å². The fraction of sp³-hybridized carbons (Fsp3) is 0.385. The van der Waals surface area contributed by atoms with E-state index in [1.54, 1.807) is 0 Å². The molecule has 21 heavy (non-hydrogen) atoms. The van der Waals surface area contributed by atoms with Crippen molar-refractivity contribution < 1.29 is 23.5 Å². The summed E-state index contributed by atoms with van der Waals surface area (Å²) in [6, 6.07) is 1.67. The summed E-state index contributed by atoms with van der Waals surface area (Å²) in [6.45, 7) is 0.442. The molecule has 2 N–H and O–H groups in total. The monoisotopic (exact) mass is 318 g/mol. The maximum absolute atomic E-state index is 13.5. The SMILES string of the molecule is O=C(Nc1c(F)cc(Cl)cc1F)C(=O)N1CCC(O)CC1. The molecule has 0 spiro atoms. The first-order valence-corrected chi connectivity index (χ1v) is 6.69. The molecule has 0 saturated carbocycles. The molecule has 114 valence electrons. The van der Waals surface area contributed by atoms with E-state index in [2.05, 4.69) is 0 Å². The number of amides is 2. The third-order valence-corrected chi connectivity index (χ3v) is 3.41. The molecule has 1 saturated heterocycles. The summed E-state index contributed by atoms with van der Waals surface area (Å²) >= 11 is 5.47. The molecular weight excluding hydrogens is 306 g/mol. The Bertz CT molecular complexity index is 552. The Balaban J connectivity index is 2.06. The molecule has 2 amide bonds. The highest BCUT2D eigenvalue weighted by Crippen LogP contribution is 2.23. The number of aliphatic hydroxyl groups excluding tert-OH is 1. The van der Waals surface area contributed by atoms with E-state index in [9.17, 15) is 23.5 Å². The molecule has 1 aromatic rings. The number of nitrogens with zero attached hydrogens (tertiary/aromatic N) is 1. The lowest BCUT2D eigenvalue weighted by molar-refractivity contribution is -0.144. The molecule has 0 bridgehead atoms. The first-order valence-electron chi connectivity index (χ1n) is 6.31. The standard InChI is InChI=1S/C13H13ClF2N2O3/c14-7-5-9(15)11(10(16)6-7)17-12(20)13(21)18-3-1-8(19)2-4-18/h5-6,8,19H,1-4H2,(H,17,20). The number of rotatable bonds is 1. The van der Waals surface area contributed by atoms with Crippen molar-refractivity contribution in [3.8, 4) is 0 Å². The van der Waals surface area contributed by atoms with Crippen LogP contribution in [0.15, 0.2) is 12.1 Å². The van der Waals surface area contributed by atoms with E-state index >= 15 is 0 Å². The van der Waals surface area contributed by atoms with Crippen molar-refractivity contribution in [3.05, 3.63) is 28.8 Å². The molecule has 5 nitrogen and oxygen atoms in total. The Labute approximate surface area is 124 Å². The second-order valence-electron chi connectivity index (χ2n) is 4.72. The van der Waals surface area contributed by atoms with Crippen LogP contribution in [0.25, 0.3) is 0 Å². The molecule has 1 aliphatic rings. The number of halogens is 3. The molecule has 0 aliphatic carbocycles. The zero-order chi connectivity index (χ0) is 15.6. The van der Waals surface area contributed by atoms with Crippen molar-refractivity contribution in [1.29, 1.82) is 0 Å². The number of anilines is 1. The smallest absolute Gasteiger partial charge is 0.314 e. The van der Waals surface area contributed by atoms with Crippen molar-refractivity contribution in [3.63, 3.8) is 0 Å². The minimum absolute atomic E-state index is 0.153. The average molecular weight is 319 g/mol. The van der Waals surface area contributed by atoms with Gasteiger partial charge in [0.15, 0.2) is 11.6 Å². The predicted octanol–water partition coefficient (Wildman–Crippen LogP) is 1.54. The minimum Gasteiger partial charge on any atom is -0.393 e. The largest absolute Gasteiger partial charge is 0.393 e. The highest BCUT2D eigenvalue weighted by molar-refractivity contribution is 6.39. The number of hydrogen-bond acceptors (Lipinski definition) is 3. The zero-order valence-corrected chi connectivity index (χ0v) is 11.7. The van der Waals surface area contributed by atoms with Gasteiger partial charge in [0, 0.05) is 18.1 Å². The molecule has 0 unspecified atom stereocenters. The topological polar surface area (TPSA) is 69.6 Å². The highest BCUT2D eigenvalue weighted by atomic mass is 35.5. The molecule has 0 radical (unpaired) electrons. The lowest BCUT2D eigenvalue weighted by atomic mass is 10.1. The fourth-order valence-corrected chi connectivity index (χ4v) is 2.23. The number of carbonyl (C=O) groups is 2. The Kier molecular flexibility index (Phi) is 4.74. The molecule has 0 atom stereocenters. The van der Waals surface area contributed by atoms with Gasteiger partial charge in [-0.1, -0.05) is 11.6 Å². The summed E-state index contributed by atoms with van der Waals surface area (Å²) < 4.78 is 27.1. The van der Waals surface area contributed by atoms with Crippen LogP contribution in [0.5, 0.6) is 0 Å². The van der Waals surface area contributed by atoms with Crippen LogP contribution >= 0.6 is 11.6 Å². The number of aliphatic hydroxyl groups is 1.